The van der Waals surface area contributed by atoms with Crippen LogP contribution in [-0.2, 0) is 0 Å². The van der Waals surface area contributed by atoms with Crippen molar-refractivity contribution >= 4 is 54.8 Å². The molecule has 0 spiro atoms. The van der Waals surface area contributed by atoms with Crippen LogP contribution in [0.4, 0.5) is 0 Å². The third-order valence-corrected chi connectivity index (χ3v) is 10.7. The summed E-state index contributed by atoms with van der Waals surface area (Å²) in [5.41, 5.74) is 11.9. The highest BCUT2D eigenvalue weighted by Gasteiger charge is 2.28. The minimum atomic E-state index is 0.230. The van der Waals surface area contributed by atoms with Crippen molar-refractivity contribution in [2.45, 2.75) is 12.8 Å². The van der Waals surface area contributed by atoms with Gasteiger partial charge < -0.3 is 4.57 Å². The van der Waals surface area contributed by atoms with Crippen LogP contribution in [0.1, 0.15) is 29.7 Å². The summed E-state index contributed by atoms with van der Waals surface area (Å²) < 4.78 is 4.79. The van der Waals surface area contributed by atoms with Crippen LogP contribution in [0, 0.1) is 5.92 Å². The van der Waals surface area contributed by atoms with Crippen molar-refractivity contribution in [3.63, 3.8) is 0 Å². The van der Waals surface area contributed by atoms with Crippen LogP contribution in [0.3, 0.4) is 0 Å². The van der Waals surface area contributed by atoms with Gasteiger partial charge in [0.2, 0.25) is 0 Å². The van der Waals surface area contributed by atoms with Crippen LogP contribution in [0.15, 0.2) is 182 Å². The number of benzene rings is 6. The number of para-hydroxylation sites is 3. The molecule has 3 nitrogen and oxygen atoms in total. The molecule has 9 aromatic rings. The predicted octanol–water partition coefficient (Wildman–Crippen LogP) is 12.2. The quantitative estimate of drug-likeness (QED) is 0.181. The Hall–Kier alpha value is -6.45. The molecule has 51 heavy (non-hydrogen) atoms. The first-order valence-electron chi connectivity index (χ1n) is 17.8. The van der Waals surface area contributed by atoms with E-state index in [1.165, 1.54) is 54.9 Å². The highest BCUT2D eigenvalue weighted by atomic mass is 15.1. The van der Waals surface area contributed by atoms with Crippen molar-refractivity contribution in [1.29, 1.82) is 0 Å². The second-order valence-corrected chi connectivity index (χ2v) is 13.6. The minimum absolute atomic E-state index is 0.230. The number of allylic oxidation sites excluding steroid dienone is 4. The molecule has 0 aliphatic heterocycles. The Balaban J connectivity index is 1.21. The van der Waals surface area contributed by atoms with E-state index in [0.29, 0.717) is 0 Å². The molecule has 1 aliphatic rings. The molecular weight excluding hydrogens is 619 g/mol. The van der Waals surface area contributed by atoms with Gasteiger partial charge in [-0.25, -0.2) is 4.98 Å². The SMILES string of the molecule is CC1C(c2cccc(-n3c4ccccc4c4c3ccc3c5ccccc5n(-c5ccccc5)c34)n2)=CC(c2ccccc2)=CC1c1ccccc1. The number of hydrogen-bond donors (Lipinski definition) is 0. The molecule has 242 valence electrons. The smallest absolute Gasteiger partial charge is 0.138 e. The summed E-state index contributed by atoms with van der Waals surface area (Å²) in [4.78, 5) is 5.51. The first kappa shape index (κ1) is 29.5. The molecule has 3 heterocycles. The summed E-state index contributed by atoms with van der Waals surface area (Å²) in [7, 11) is 0. The molecule has 0 bridgehead atoms. The van der Waals surface area contributed by atoms with E-state index >= 15 is 0 Å². The third kappa shape index (κ3) is 4.69. The highest BCUT2D eigenvalue weighted by Crippen LogP contribution is 2.44. The summed E-state index contributed by atoms with van der Waals surface area (Å²) in [6.07, 6.45) is 4.80. The molecule has 3 aromatic heterocycles. The average Bonchev–Trinajstić information content (AvgIpc) is 3.72. The fourth-order valence-corrected chi connectivity index (χ4v) is 8.37. The van der Waals surface area contributed by atoms with Gasteiger partial charge in [0, 0.05) is 33.2 Å². The van der Waals surface area contributed by atoms with Crippen molar-refractivity contribution in [3.8, 4) is 11.5 Å². The maximum absolute atomic E-state index is 5.51. The number of aromatic nitrogens is 3. The van der Waals surface area contributed by atoms with Crippen LogP contribution in [0.2, 0.25) is 0 Å². The number of hydrogen-bond acceptors (Lipinski definition) is 1. The van der Waals surface area contributed by atoms with E-state index < -0.39 is 0 Å². The molecule has 0 saturated heterocycles. The van der Waals surface area contributed by atoms with Gasteiger partial charge in [-0.2, -0.15) is 0 Å². The maximum atomic E-state index is 5.51. The summed E-state index contributed by atoms with van der Waals surface area (Å²) in [5, 5.41) is 4.96. The van der Waals surface area contributed by atoms with Crippen LogP contribution in [0.5, 0.6) is 0 Å². The van der Waals surface area contributed by atoms with Gasteiger partial charge in [0.15, 0.2) is 0 Å². The van der Waals surface area contributed by atoms with E-state index in [1.807, 2.05) is 0 Å². The fourth-order valence-electron chi connectivity index (χ4n) is 8.37. The second-order valence-electron chi connectivity index (χ2n) is 13.6. The Morgan fingerprint density at radius 1 is 0.510 bits per heavy atom. The molecule has 2 unspecified atom stereocenters. The van der Waals surface area contributed by atoms with E-state index in [9.17, 15) is 0 Å². The van der Waals surface area contributed by atoms with Crippen LogP contribution >= 0.6 is 0 Å². The molecule has 2 atom stereocenters. The Kier molecular flexibility index (Phi) is 6.85. The molecule has 1 aliphatic carbocycles. The number of nitrogens with zero attached hydrogens (tertiary/aromatic N) is 3. The first-order chi connectivity index (χ1) is 25.2. The van der Waals surface area contributed by atoms with Gasteiger partial charge in [-0.1, -0.05) is 140 Å². The van der Waals surface area contributed by atoms with E-state index in [-0.39, 0.29) is 11.8 Å². The Morgan fingerprint density at radius 2 is 1.16 bits per heavy atom. The van der Waals surface area contributed by atoms with Gasteiger partial charge in [-0.3, -0.25) is 4.57 Å². The number of rotatable bonds is 5. The molecule has 0 amide bonds. The third-order valence-electron chi connectivity index (χ3n) is 10.7. The molecule has 0 N–H and O–H groups in total. The summed E-state index contributed by atoms with van der Waals surface area (Å²) in [6.45, 7) is 2.34. The first-order valence-corrected chi connectivity index (χ1v) is 17.8. The lowest BCUT2D eigenvalue weighted by Crippen LogP contribution is -2.15. The van der Waals surface area contributed by atoms with Crippen molar-refractivity contribution in [1.82, 2.24) is 14.1 Å². The predicted molar refractivity (Wildman–Crippen MR) is 214 cm³/mol. The van der Waals surface area contributed by atoms with Crippen molar-refractivity contribution in [3.05, 3.63) is 199 Å². The number of fused-ring (bicyclic) bond motifs is 7. The zero-order valence-corrected chi connectivity index (χ0v) is 28.3. The van der Waals surface area contributed by atoms with Gasteiger partial charge in [0.1, 0.15) is 5.82 Å². The molecular formula is C48H35N3. The van der Waals surface area contributed by atoms with Gasteiger partial charge in [-0.05, 0) is 76.7 Å². The van der Waals surface area contributed by atoms with E-state index in [0.717, 1.165) is 28.2 Å². The summed E-state index contributed by atoms with van der Waals surface area (Å²) in [6, 6.07) is 61.0. The standard InChI is InChI=1S/C48H35N3/c1-32-40(34-18-7-3-8-19-34)30-35(33-16-5-2-6-17-33)31-41(32)42-24-15-27-46(49-42)51-44-26-14-12-23-39(44)47-45(51)29-28-38-37-22-11-13-25-43(37)50(48(38)47)36-20-9-4-10-21-36/h2-32,40H,1H3. The Morgan fingerprint density at radius 3 is 1.92 bits per heavy atom. The zero-order chi connectivity index (χ0) is 33.9. The van der Waals surface area contributed by atoms with Gasteiger partial charge in [0.25, 0.3) is 0 Å². The van der Waals surface area contributed by atoms with Crippen molar-refractivity contribution < 1.29 is 0 Å². The molecule has 0 radical (unpaired) electrons. The van der Waals surface area contributed by atoms with Crippen LogP contribution in [0.25, 0.3) is 66.3 Å². The lowest BCUT2D eigenvalue weighted by molar-refractivity contribution is 0.653. The normalized spacial score (nSPS) is 16.2. The van der Waals surface area contributed by atoms with Crippen molar-refractivity contribution in [2.24, 2.45) is 5.92 Å². The van der Waals surface area contributed by atoms with Crippen LogP contribution in [-0.4, -0.2) is 14.1 Å². The van der Waals surface area contributed by atoms with Gasteiger partial charge >= 0.3 is 0 Å². The molecule has 6 aromatic carbocycles. The highest BCUT2D eigenvalue weighted by molar-refractivity contribution is 6.26. The second kappa shape index (κ2) is 11.9. The molecule has 3 heteroatoms. The Labute approximate surface area is 297 Å². The van der Waals surface area contributed by atoms with Crippen molar-refractivity contribution in [2.75, 3.05) is 0 Å². The van der Waals surface area contributed by atoms with Crippen LogP contribution < -0.4 is 0 Å². The maximum Gasteiger partial charge on any atom is 0.138 e. The van der Waals surface area contributed by atoms with Gasteiger partial charge in [-0.15, -0.1) is 0 Å². The Bertz CT molecular complexity index is 2800. The lowest BCUT2D eigenvalue weighted by atomic mass is 9.75. The molecule has 10 rings (SSSR count). The monoisotopic (exact) mass is 653 g/mol. The summed E-state index contributed by atoms with van der Waals surface area (Å²) in [5.74, 6) is 1.39. The topological polar surface area (TPSA) is 22.8 Å². The van der Waals surface area contributed by atoms with E-state index in [1.54, 1.807) is 0 Å². The van der Waals surface area contributed by atoms with Gasteiger partial charge in [0.05, 0.1) is 27.8 Å². The number of pyridine rings is 1. The summed E-state index contributed by atoms with van der Waals surface area (Å²) >= 11 is 0. The van der Waals surface area contributed by atoms with E-state index in [2.05, 4.69) is 198 Å². The average molecular weight is 654 g/mol. The molecule has 0 saturated carbocycles. The molecule has 0 fully saturated rings. The fraction of sp³-hybridized carbons (Fsp3) is 0.0625. The zero-order valence-electron chi connectivity index (χ0n) is 28.3. The minimum Gasteiger partial charge on any atom is -0.309 e. The van der Waals surface area contributed by atoms with E-state index in [4.69, 9.17) is 4.98 Å². The lowest BCUT2D eigenvalue weighted by Gasteiger charge is -2.29. The largest absolute Gasteiger partial charge is 0.309 e.